The average molecular weight is 222 g/mol. The molecule has 6 heteroatoms. The molecule has 0 spiro atoms. The molecule has 2 atom stereocenters. The lowest BCUT2D eigenvalue weighted by atomic mass is 10.0. The van der Waals surface area contributed by atoms with E-state index in [1.54, 1.807) is 6.92 Å². The Labute approximate surface area is 85.0 Å². The lowest BCUT2D eigenvalue weighted by Gasteiger charge is -2.19. The van der Waals surface area contributed by atoms with E-state index in [1.807, 2.05) is 6.92 Å². The van der Waals surface area contributed by atoms with Crippen molar-refractivity contribution >= 4 is 15.7 Å². The quantitative estimate of drug-likeness (QED) is 0.633. The first kappa shape index (κ1) is 13.4. The molecule has 0 aliphatic carbocycles. The highest BCUT2D eigenvalue weighted by molar-refractivity contribution is 7.91. The number of amides is 1. The lowest BCUT2D eigenvalue weighted by molar-refractivity contribution is -0.119. The van der Waals surface area contributed by atoms with Gasteiger partial charge in [0, 0.05) is 12.3 Å². The van der Waals surface area contributed by atoms with Crippen LogP contribution >= 0.6 is 0 Å². The van der Waals surface area contributed by atoms with Crippen molar-refractivity contribution in [3.8, 4) is 0 Å². The van der Waals surface area contributed by atoms with Gasteiger partial charge in [-0.3, -0.25) is 4.79 Å². The molecule has 2 unspecified atom stereocenters. The van der Waals surface area contributed by atoms with Crippen LogP contribution in [0.5, 0.6) is 0 Å². The highest BCUT2D eigenvalue weighted by atomic mass is 32.2. The van der Waals surface area contributed by atoms with Gasteiger partial charge in [0.25, 0.3) is 0 Å². The zero-order valence-electron chi connectivity index (χ0n) is 8.78. The summed E-state index contributed by atoms with van der Waals surface area (Å²) in [4.78, 5) is 11.2. The molecule has 0 rings (SSSR count). The summed E-state index contributed by atoms with van der Waals surface area (Å²) in [6, 6.07) is -0.103. The van der Waals surface area contributed by atoms with E-state index >= 15 is 0 Å². The number of hydrogen-bond donors (Lipinski definition) is 2. The fraction of sp³-hybridized carbons (Fsp3) is 0.875. The Balaban J connectivity index is 4.08. The highest BCUT2D eigenvalue weighted by Crippen LogP contribution is 1.99. The van der Waals surface area contributed by atoms with Crippen LogP contribution in [-0.4, -0.2) is 38.9 Å². The fourth-order valence-corrected chi connectivity index (χ4v) is 1.44. The number of rotatable bonds is 5. The van der Waals surface area contributed by atoms with Crippen LogP contribution in [0.1, 0.15) is 13.8 Å². The van der Waals surface area contributed by atoms with Crippen molar-refractivity contribution in [3.05, 3.63) is 0 Å². The predicted molar refractivity (Wildman–Crippen MR) is 55.5 cm³/mol. The minimum Gasteiger partial charge on any atom is -0.352 e. The molecule has 0 aliphatic heterocycles. The van der Waals surface area contributed by atoms with Gasteiger partial charge >= 0.3 is 0 Å². The highest BCUT2D eigenvalue weighted by Gasteiger charge is 2.16. The second-order valence-corrected chi connectivity index (χ2v) is 5.78. The van der Waals surface area contributed by atoms with Gasteiger partial charge < -0.3 is 11.1 Å². The summed E-state index contributed by atoms with van der Waals surface area (Å²) in [7, 11) is -3.24. The standard InChI is InChI=1S/C8H18N2O3S/c1-6(4-9)7(2)10-8(11)5-14(3,12)13/h6-7H,4-5,9H2,1-3H3,(H,10,11). The molecule has 5 nitrogen and oxygen atoms in total. The molecule has 84 valence electrons. The zero-order valence-corrected chi connectivity index (χ0v) is 9.60. The van der Waals surface area contributed by atoms with E-state index in [-0.39, 0.29) is 12.0 Å². The van der Waals surface area contributed by atoms with E-state index in [0.717, 1.165) is 6.26 Å². The van der Waals surface area contributed by atoms with Gasteiger partial charge in [0.2, 0.25) is 5.91 Å². The van der Waals surface area contributed by atoms with Gasteiger partial charge in [-0.1, -0.05) is 6.92 Å². The normalized spacial score (nSPS) is 16.0. The van der Waals surface area contributed by atoms with Crippen LogP contribution in [0, 0.1) is 5.92 Å². The van der Waals surface area contributed by atoms with E-state index in [2.05, 4.69) is 5.32 Å². The third-order valence-corrected chi connectivity index (χ3v) is 2.79. The molecule has 0 fully saturated rings. The van der Waals surface area contributed by atoms with Crippen LogP contribution in [0.15, 0.2) is 0 Å². The summed E-state index contributed by atoms with van der Waals surface area (Å²) in [5.74, 6) is -0.798. The van der Waals surface area contributed by atoms with Crippen LogP contribution in [0.25, 0.3) is 0 Å². The largest absolute Gasteiger partial charge is 0.352 e. The molecule has 0 heterocycles. The van der Waals surface area contributed by atoms with Gasteiger partial charge in [-0.25, -0.2) is 8.42 Å². The minimum absolute atomic E-state index is 0.103. The molecule has 3 N–H and O–H groups in total. The number of carbonyl (C=O) groups is 1. The summed E-state index contributed by atoms with van der Waals surface area (Å²) >= 11 is 0. The molecule has 0 aliphatic rings. The van der Waals surface area contributed by atoms with E-state index in [1.165, 1.54) is 0 Å². The summed E-state index contributed by atoms with van der Waals surface area (Å²) in [5, 5.41) is 2.59. The Bertz CT molecular complexity index is 287. The van der Waals surface area contributed by atoms with Gasteiger partial charge in [-0.05, 0) is 19.4 Å². The first-order chi connectivity index (χ1) is 6.26. The maximum absolute atomic E-state index is 11.2. The van der Waals surface area contributed by atoms with Crippen molar-refractivity contribution in [1.29, 1.82) is 0 Å². The molecule has 0 radical (unpaired) electrons. The summed E-state index contributed by atoms with van der Waals surface area (Å²) in [6.07, 6.45) is 1.03. The minimum atomic E-state index is -3.24. The number of sulfone groups is 1. The molecule has 0 aromatic carbocycles. The maximum atomic E-state index is 11.2. The molecule has 1 amide bonds. The molecule has 0 saturated carbocycles. The average Bonchev–Trinajstić information content (AvgIpc) is 1.99. The molecular weight excluding hydrogens is 204 g/mol. The van der Waals surface area contributed by atoms with Crippen molar-refractivity contribution in [2.24, 2.45) is 11.7 Å². The third kappa shape index (κ3) is 5.93. The van der Waals surface area contributed by atoms with Crippen LogP contribution < -0.4 is 11.1 Å². The molecule has 0 bridgehead atoms. The van der Waals surface area contributed by atoms with Gasteiger partial charge in [-0.15, -0.1) is 0 Å². The Morgan fingerprint density at radius 2 is 1.93 bits per heavy atom. The van der Waals surface area contributed by atoms with Gasteiger partial charge in [0.15, 0.2) is 9.84 Å². The van der Waals surface area contributed by atoms with Gasteiger partial charge in [0.1, 0.15) is 5.75 Å². The lowest BCUT2D eigenvalue weighted by Crippen LogP contribution is -2.42. The Morgan fingerprint density at radius 1 is 1.43 bits per heavy atom. The smallest absolute Gasteiger partial charge is 0.235 e. The summed E-state index contributed by atoms with van der Waals surface area (Å²) in [5.41, 5.74) is 5.41. The number of nitrogens with two attached hydrogens (primary N) is 1. The number of hydrogen-bond acceptors (Lipinski definition) is 4. The zero-order chi connectivity index (χ0) is 11.4. The van der Waals surface area contributed by atoms with Gasteiger partial charge in [0.05, 0.1) is 0 Å². The van der Waals surface area contributed by atoms with Crippen molar-refractivity contribution < 1.29 is 13.2 Å². The SMILES string of the molecule is CC(CN)C(C)NC(=O)CS(C)(=O)=O. The van der Waals surface area contributed by atoms with Crippen molar-refractivity contribution in [3.63, 3.8) is 0 Å². The maximum Gasteiger partial charge on any atom is 0.235 e. The number of nitrogens with one attached hydrogen (secondary N) is 1. The second-order valence-electron chi connectivity index (χ2n) is 3.64. The number of carbonyl (C=O) groups excluding carboxylic acids is 1. The Morgan fingerprint density at radius 3 is 2.29 bits per heavy atom. The topological polar surface area (TPSA) is 89.3 Å². The predicted octanol–water partition coefficient (Wildman–Crippen LogP) is -0.869. The Kier molecular flexibility index (Phi) is 5.07. The van der Waals surface area contributed by atoms with Crippen LogP contribution in [0.3, 0.4) is 0 Å². The van der Waals surface area contributed by atoms with Gasteiger partial charge in [-0.2, -0.15) is 0 Å². The van der Waals surface area contributed by atoms with E-state index in [9.17, 15) is 13.2 Å². The Hall–Kier alpha value is -0.620. The van der Waals surface area contributed by atoms with Crippen LogP contribution in [0.2, 0.25) is 0 Å². The molecule has 0 aromatic rings. The second kappa shape index (κ2) is 5.31. The van der Waals surface area contributed by atoms with E-state index < -0.39 is 21.5 Å². The monoisotopic (exact) mass is 222 g/mol. The van der Waals surface area contributed by atoms with E-state index in [0.29, 0.717) is 6.54 Å². The van der Waals surface area contributed by atoms with E-state index in [4.69, 9.17) is 5.73 Å². The third-order valence-electron chi connectivity index (χ3n) is 2.01. The van der Waals surface area contributed by atoms with Crippen LogP contribution in [-0.2, 0) is 14.6 Å². The van der Waals surface area contributed by atoms with Crippen molar-refractivity contribution in [2.75, 3.05) is 18.6 Å². The summed E-state index contributed by atoms with van der Waals surface area (Å²) < 4.78 is 21.6. The molecule has 0 saturated heterocycles. The molecular formula is C8H18N2O3S. The van der Waals surface area contributed by atoms with Crippen LogP contribution in [0.4, 0.5) is 0 Å². The molecule has 0 aromatic heterocycles. The van der Waals surface area contributed by atoms with Crippen molar-refractivity contribution in [2.45, 2.75) is 19.9 Å². The fourth-order valence-electron chi connectivity index (χ4n) is 0.880. The first-order valence-electron chi connectivity index (χ1n) is 4.43. The first-order valence-corrected chi connectivity index (χ1v) is 6.49. The van der Waals surface area contributed by atoms with Crippen molar-refractivity contribution in [1.82, 2.24) is 5.32 Å². The molecule has 14 heavy (non-hydrogen) atoms. The summed E-state index contributed by atoms with van der Waals surface area (Å²) in [6.45, 7) is 4.16.